The minimum Gasteiger partial charge on any atom is -0.493 e. The summed E-state index contributed by atoms with van der Waals surface area (Å²) >= 11 is 0. The average Bonchev–Trinajstić information content (AvgIpc) is 3.64. The molecular weight excluding hydrogens is 382 g/mol. The average molecular weight is 409 g/mol. The van der Waals surface area contributed by atoms with Gasteiger partial charge in [-0.25, -0.2) is 0 Å². The second kappa shape index (κ2) is 7.51. The van der Waals surface area contributed by atoms with Gasteiger partial charge in [0.05, 0.1) is 20.8 Å². The molecule has 1 aliphatic carbocycles. The minimum absolute atomic E-state index is 0.267. The zero-order valence-corrected chi connectivity index (χ0v) is 17.5. The molecule has 1 saturated heterocycles. The van der Waals surface area contributed by atoms with Gasteiger partial charge in [-0.1, -0.05) is 12.1 Å². The Bertz CT molecular complexity index is 960. The van der Waals surface area contributed by atoms with Crippen molar-refractivity contribution in [3.63, 3.8) is 0 Å². The number of rotatable bonds is 4. The molecule has 1 saturated carbocycles. The molecule has 158 valence electrons. The standard InChI is InChI=1S/C24H27NO5/c1-27-21-8-6-18(14-22(21)28-2)17-5-7-20-19(13-17)15-29-24(30-20)9-11-25(12-10-24)23(26)16-3-4-16/h5-8,13-14,16H,3-4,9-12,15H2,1-2H3. The van der Waals surface area contributed by atoms with E-state index < -0.39 is 5.79 Å². The van der Waals surface area contributed by atoms with Crippen LogP contribution in [0.15, 0.2) is 36.4 Å². The fraction of sp³-hybridized carbons (Fsp3) is 0.458. The highest BCUT2D eigenvalue weighted by Crippen LogP contribution is 2.41. The van der Waals surface area contributed by atoms with Gasteiger partial charge in [0.2, 0.25) is 11.7 Å². The summed E-state index contributed by atoms with van der Waals surface area (Å²) in [5, 5.41) is 0. The highest BCUT2D eigenvalue weighted by atomic mass is 16.7. The number of amides is 1. The van der Waals surface area contributed by atoms with Gasteiger partial charge in [-0.15, -0.1) is 0 Å². The zero-order valence-electron chi connectivity index (χ0n) is 17.5. The van der Waals surface area contributed by atoms with Gasteiger partial charge in [-0.2, -0.15) is 0 Å². The van der Waals surface area contributed by atoms with Crippen LogP contribution in [0, 0.1) is 5.92 Å². The number of piperidine rings is 1. The van der Waals surface area contributed by atoms with Crippen molar-refractivity contribution in [2.24, 2.45) is 5.92 Å². The fourth-order valence-electron chi connectivity index (χ4n) is 4.33. The SMILES string of the molecule is COc1ccc(-c2ccc3c(c2)COC2(CCN(C(=O)C4CC4)CC2)O3)cc1OC. The minimum atomic E-state index is -0.613. The van der Waals surface area contributed by atoms with E-state index in [1.165, 1.54) is 0 Å². The Morgan fingerprint density at radius 1 is 1.00 bits per heavy atom. The Labute approximate surface area is 176 Å². The lowest BCUT2D eigenvalue weighted by molar-refractivity contribution is -0.227. The van der Waals surface area contributed by atoms with Crippen molar-refractivity contribution in [2.45, 2.75) is 38.1 Å². The van der Waals surface area contributed by atoms with E-state index in [4.69, 9.17) is 18.9 Å². The Kier molecular flexibility index (Phi) is 4.82. The molecule has 2 aliphatic heterocycles. The molecule has 2 fully saturated rings. The van der Waals surface area contributed by atoms with Crippen LogP contribution in [-0.2, 0) is 16.1 Å². The number of methoxy groups -OCH3 is 2. The second-order valence-electron chi connectivity index (χ2n) is 8.29. The predicted molar refractivity (Wildman–Crippen MR) is 112 cm³/mol. The lowest BCUT2D eigenvalue weighted by Gasteiger charge is -2.44. The molecule has 6 heteroatoms. The molecule has 5 rings (SSSR count). The summed E-state index contributed by atoms with van der Waals surface area (Å²) in [5.41, 5.74) is 3.15. The number of carbonyl (C=O) groups excluding carboxylic acids is 1. The van der Waals surface area contributed by atoms with Crippen molar-refractivity contribution in [3.05, 3.63) is 42.0 Å². The monoisotopic (exact) mass is 409 g/mol. The van der Waals surface area contributed by atoms with E-state index in [0.717, 1.165) is 35.3 Å². The highest BCUT2D eigenvalue weighted by Gasteiger charge is 2.43. The summed E-state index contributed by atoms with van der Waals surface area (Å²) in [4.78, 5) is 14.3. The van der Waals surface area contributed by atoms with Crippen LogP contribution < -0.4 is 14.2 Å². The Hall–Kier alpha value is -2.73. The maximum absolute atomic E-state index is 12.3. The van der Waals surface area contributed by atoms with Gasteiger partial charge < -0.3 is 23.8 Å². The van der Waals surface area contributed by atoms with E-state index >= 15 is 0 Å². The van der Waals surface area contributed by atoms with Crippen molar-refractivity contribution in [1.29, 1.82) is 0 Å². The molecule has 3 aliphatic rings. The predicted octanol–water partition coefficient (Wildman–Crippen LogP) is 4.01. The maximum Gasteiger partial charge on any atom is 0.225 e. The number of nitrogens with zero attached hydrogens (tertiary/aromatic N) is 1. The zero-order chi connectivity index (χ0) is 20.7. The van der Waals surface area contributed by atoms with Crippen molar-refractivity contribution in [1.82, 2.24) is 4.90 Å². The van der Waals surface area contributed by atoms with Crippen molar-refractivity contribution >= 4 is 5.91 Å². The van der Waals surface area contributed by atoms with Crippen LogP contribution in [-0.4, -0.2) is 43.9 Å². The molecule has 2 heterocycles. The van der Waals surface area contributed by atoms with Gasteiger partial charge in [-0.3, -0.25) is 4.79 Å². The molecule has 0 aromatic heterocycles. The number of fused-ring (bicyclic) bond motifs is 1. The largest absolute Gasteiger partial charge is 0.493 e. The van der Waals surface area contributed by atoms with Crippen LogP contribution in [0.3, 0.4) is 0 Å². The van der Waals surface area contributed by atoms with E-state index in [1.54, 1.807) is 14.2 Å². The van der Waals surface area contributed by atoms with E-state index in [-0.39, 0.29) is 5.92 Å². The lowest BCUT2D eigenvalue weighted by Crippen LogP contribution is -2.52. The van der Waals surface area contributed by atoms with E-state index in [2.05, 4.69) is 12.1 Å². The molecule has 0 bridgehead atoms. The molecule has 1 spiro atoms. The Morgan fingerprint density at radius 3 is 2.40 bits per heavy atom. The maximum atomic E-state index is 12.3. The van der Waals surface area contributed by atoms with Crippen LogP contribution in [0.4, 0.5) is 0 Å². The van der Waals surface area contributed by atoms with Crippen LogP contribution in [0.5, 0.6) is 17.2 Å². The molecule has 6 nitrogen and oxygen atoms in total. The fourth-order valence-corrected chi connectivity index (χ4v) is 4.33. The summed E-state index contributed by atoms with van der Waals surface area (Å²) in [6.07, 6.45) is 3.51. The summed E-state index contributed by atoms with van der Waals surface area (Å²) in [5.74, 6) is 2.24. The van der Waals surface area contributed by atoms with Gasteiger partial charge in [-0.05, 0) is 48.2 Å². The first-order valence-corrected chi connectivity index (χ1v) is 10.6. The first-order valence-electron chi connectivity index (χ1n) is 10.6. The third-order valence-electron chi connectivity index (χ3n) is 6.33. The number of likely N-dealkylation sites (tertiary alicyclic amines) is 1. The van der Waals surface area contributed by atoms with Gasteiger partial charge >= 0.3 is 0 Å². The normalized spacial score (nSPS) is 19.7. The number of ether oxygens (including phenoxy) is 4. The summed E-state index contributed by atoms with van der Waals surface area (Å²) in [6, 6.07) is 12.1. The van der Waals surface area contributed by atoms with Gasteiger partial charge in [0.25, 0.3) is 0 Å². The number of carbonyl (C=O) groups is 1. The number of hydrogen-bond donors (Lipinski definition) is 0. The summed E-state index contributed by atoms with van der Waals surface area (Å²) < 4.78 is 23.3. The molecule has 2 aromatic rings. The van der Waals surface area contributed by atoms with Gasteiger partial charge in [0.1, 0.15) is 5.75 Å². The first kappa shape index (κ1) is 19.2. The smallest absolute Gasteiger partial charge is 0.225 e. The molecule has 30 heavy (non-hydrogen) atoms. The van der Waals surface area contributed by atoms with Crippen molar-refractivity contribution in [3.8, 4) is 28.4 Å². The number of hydrogen-bond acceptors (Lipinski definition) is 5. The molecule has 0 N–H and O–H groups in total. The van der Waals surface area contributed by atoms with Gasteiger partial charge in [0, 0.05) is 37.4 Å². The topological polar surface area (TPSA) is 57.2 Å². The van der Waals surface area contributed by atoms with E-state index in [9.17, 15) is 4.79 Å². The molecule has 0 atom stereocenters. The highest BCUT2D eigenvalue weighted by molar-refractivity contribution is 5.81. The van der Waals surface area contributed by atoms with Crippen molar-refractivity contribution < 1.29 is 23.7 Å². The van der Waals surface area contributed by atoms with Crippen molar-refractivity contribution in [2.75, 3.05) is 27.3 Å². The second-order valence-corrected chi connectivity index (χ2v) is 8.29. The Morgan fingerprint density at radius 2 is 1.70 bits per heavy atom. The van der Waals surface area contributed by atoms with Crippen LogP contribution in [0.25, 0.3) is 11.1 Å². The summed E-state index contributed by atoms with van der Waals surface area (Å²) in [6.45, 7) is 1.91. The lowest BCUT2D eigenvalue weighted by atomic mass is 9.98. The van der Waals surface area contributed by atoms with E-state index in [1.807, 2.05) is 29.2 Å². The van der Waals surface area contributed by atoms with Crippen LogP contribution >= 0.6 is 0 Å². The molecule has 0 unspecified atom stereocenters. The number of benzene rings is 2. The molecular formula is C24H27NO5. The van der Waals surface area contributed by atoms with Gasteiger partial charge in [0.15, 0.2) is 11.5 Å². The summed E-state index contributed by atoms with van der Waals surface area (Å²) in [7, 11) is 3.27. The Balaban J connectivity index is 1.31. The third-order valence-corrected chi connectivity index (χ3v) is 6.33. The first-order chi connectivity index (χ1) is 14.6. The quantitative estimate of drug-likeness (QED) is 0.764. The molecule has 2 aromatic carbocycles. The van der Waals surface area contributed by atoms with E-state index in [0.29, 0.717) is 49.9 Å². The third kappa shape index (κ3) is 3.49. The molecule has 1 amide bonds. The molecule has 0 radical (unpaired) electrons. The van der Waals surface area contributed by atoms with Crippen LogP contribution in [0.2, 0.25) is 0 Å². The van der Waals surface area contributed by atoms with Crippen LogP contribution in [0.1, 0.15) is 31.2 Å².